The van der Waals surface area contributed by atoms with Gasteiger partial charge in [0.05, 0.1) is 11.8 Å². The van der Waals surface area contributed by atoms with E-state index in [-0.39, 0.29) is 11.8 Å². The van der Waals surface area contributed by atoms with Gasteiger partial charge < -0.3 is 10.2 Å². The zero-order valence-corrected chi connectivity index (χ0v) is 11.3. The Morgan fingerprint density at radius 1 is 0.650 bits per heavy atom. The van der Waals surface area contributed by atoms with Crippen molar-refractivity contribution in [1.82, 2.24) is 0 Å². The van der Waals surface area contributed by atoms with Crippen LogP contribution >= 0.6 is 0 Å². The minimum atomic E-state index is -0.598. The fourth-order valence-corrected chi connectivity index (χ4v) is 3.92. The lowest BCUT2D eigenvalue weighted by atomic mass is 10.1. The Morgan fingerprint density at radius 3 is 1.10 bits per heavy atom. The summed E-state index contributed by atoms with van der Waals surface area (Å²) in [5.74, 6) is 0.664. The molecule has 4 aliphatic carbocycles. The van der Waals surface area contributed by atoms with Gasteiger partial charge in [-0.25, -0.2) is 0 Å². The number of hydrogen-bond donors (Lipinski definition) is 2. The Hall–Kier alpha value is -1.58. The van der Waals surface area contributed by atoms with E-state index in [0.29, 0.717) is 23.7 Å². The quantitative estimate of drug-likeness (QED) is 0.760. The summed E-state index contributed by atoms with van der Waals surface area (Å²) in [4.78, 5) is 21.0. The van der Waals surface area contributed by atoms with Crippen LogP contribution in [0.2, 0.25) is 0 Å². The molecule has 0 aromatic rings. The van der Waals surface area contributed by atoms with Crippen molar-refractivity contribution < 1.29 is 19.8 Å². The summed E-state index contributed by atoms with van der Waals surface area (Å²) in [5.41, 5.74) is 0. The van der Waals surface area contributed by atoms with Crippen LogP contribution in [0.25, 0.3) is 0 Å². The van der Waals surface area contributed by atoms with Crippen LogP contribution in [0.4, 0.5) is 0 Å². The van der Waals surface area contributed by atoms with E-state index in [1.807, 2.05) is 0 Å². The third-order valence-corrected chi connectivity index (χ3v) is 5.20. The molecule has 4 heteroatoms. The van der Waals surface area contributed by atoms with Crippen molar-refractivity contribution in [3.63, 3.8) is 0 Å². The van der Waals surface area contributed by atoms with Crippen molar-refractivity contribution >= 4 is 11.9 Å². The Labute approximate surface area is 118 Å². The van der Waals surface area contributed by atoms with Crippen LogP contribution in [0.1, 0.15) is 25.7 Å². The SMILES string of the molecule is O=C(O)C1C2CC=CCC21.O=C(O)C1C2CC=CCC21. The second-order valence-electron chi connectivity index (χ2n) is 6.27. The van der Waals surface area contributed by atoms with Gasteiger partial charge in [0.25, 0.3) is 0 Å². The minimum Gasteiger partial charge on any atom is -0.481 e. The molecule has 20 heavy (non-hydrogen) atoms. The second-order valence-corrected chi connectivity index (χ2v) is 6.27. The highest BCUT2D eigenvalue weighted by atomic mass is 16.4. The molecule has 0 bridgehead atoms. The molecule has 4 unspecified atom stereocenters. The van der Waals surface area contributed by atoms with Gasteiger partial charge in [-0.3, -0.25) is 9.59 Å². The molecule has 0 heterocycles. The number of allylic oxidation sites excluding steroid dienone is 4. The van der Waals surface area contributed by atoms with Gasteiger partial charge >= 0.3 is 11.9 Å². The number of carbonyl (C=O) groups is 2. The Balaban J connectivity index is 0.000000121. The molecular weight excluding hydrogens is 256 g/mol. The lowest BCUT2D eigenvalue weighted by molar-refractivity contribution is -0.140. The molecule has 4 atom stereocenters. The Kier molecular flexibility index (Phi) is 3.40. The first-order chi connectivity index (χ1) is 9.61. The zero-order chi connectivity index (χ0) is 14.3. The third kappa shape index (κ3) is 2.39. The van der Waals surface area contributed by atoms with Gasteiger partial charge in [-0.1, -0.05) is 24.3 Å². The average molecular weight is 276 g/mol. The van der Waals surface area contributed by atoms with Gasteiger partial charge in [0.2, 0.25) is 0 Å². The summed E-state index contributed by atoms with van der Waals surface area (Å²) in [5, 5.41) is 17.3. The molecule has 0 aromatic carbocycles. The van der Waals surface area contributed by atoms with Gasteiger partial charge in [0, 0.05) is 0 Å². The summed E-state index contributed by atoms with van der Waals surface area (Å²) in [6.45, 7) is 0. The van der Waals surface area contributed by atoms with E-state index in [9.17, 15) is 9.59 Å². The molecule has 4 nitrogen and oxygen atoms in total. The molecule has 0 saturated heterocycles. The Morgan fingerprint density at radius 2 is 0.900 bits per heavy atom. The summed E-state index contributed by atoms with van der Waals surface area (Å²) >= 11 is 0. The molecule has 0 aliphatic heterocycles. The molecule has 2 fully saturated rings. The molecule has 2 saturated carbocycles. The summed E-state index contributed by atoms with van der Waals surface area (Å²) in [6.07, 6.45) is 12.4. The number of aliphatic carboxylic acids is 2. The van der Waals surface area contributed by atoms with Crippen molar-refractivity contribution in [2.75, 3.05) is 0 Å². The normalized spacial score (nSPS) is 42.6. The second kappa shape index (κ2) is 5.08. The highest BCUT2D eigenvalue weighted by molar-refractivity contribution is 5.75. The molecule has 4 aliphatic rings. The molecule has 2 N–H and O–H groups in total. The molecule has 0 aromatic heterocycles. The van der Waals surface area contributed by atoms with Crippen molar-refractivity contribution in [3.8, 4) is 0 Å². The number of rotatable bonds is 2. The Bertz CT molecular complexity index is 407. The van der Waals surface area contributed by atoms with Crippen LogP contribution in [-0.2, 0) is 9.59 Å². The monoisotopic (exact) mass is 276 g/mol. The van der Waals surface area contributed by atoms with Crippen LogP contribution in [0.3, 0.4) is 0 Å². The molecule has 108 valence electrons. The fourth-order valence-electron chi connectivity index (χ4n) is 3.92. The maximum atomic E-state index is 10.5. The lowest BCUT2D eigenvalue weighted by Crippen LogP contribution is -1.99. The summed E-state index contributed by atoms with van der Waals surface area (Å²) in [7, 11) is 0. The van der Waals surface area contributed by atoms with Crippen molar-refractivity contribution in [1.29, 1.82) is 0 Å². The van der Waals surface area contributed by atoms with E-state index in [0.717, 1.165) is 25.7 Å². The molecule has 0 amide bonds. The smallest absolute Gasteiger partial charge is 0.307 e. The molecule has 4 rings (SSSR count). The van der Waals surface area contributed by atoms with Crippen LogP contribution in [-0.4, -0.2) is 22.2 Å². The minimum absolute atomic E-state index is 0.0185. The first kappa shape index (κ1) is 13.4. The lowest BCUT2D eigenvalue weighted by Gasteiger charge is -1.96. The zero-order valence-electron chi connectivity index (χ0n) is 11.3. The van der Waals surface area contributed by atoms with Crippen LogP contribution in [0, 0.1) is 35.5 Å². The van der Waals surface area contributed by atoms with Crippen molar-refractivity contribution in [2.24, 2.45) is 35.5 Å². The van der Waals surface area contributed by atoms with Gasteiger partial charge in [0.15, 0.2) is 0 Å². The highest BCUT2D eigenvalue weighted by Gasteiger charge is 2.54. The van der Waals surface area contributed by atoms with E-state index < -0.39 is 11.9 Å². The van der Waals surface area contributed by atoms with Gasteiger partial charge in [0.1, 0.15) is 0 Å². The van der Waals surface area contributed by atoms with Gasteiger partial charge in [-0.15, -0.1) is 0 Å². The number of fused-ring (bicyclic) bond motifs is 2. The van der Waals surface area contributed by atoms with Crippen LogP contribution < -0.4 is 0 Å². The first-order valence-corrected chi connectivity index (χ1v) is 7.37. The molecule has 0 radical (unpaired) electrons. The van der Waals surface area contributed by atoms with Gasteiger partial charge in [-0.2, -0.15) is 0 Å². The van der Waals surface area contributed by atoms with E-state index in [4.69, 9.17) is 10.2 Å². The number of hydrogen-bond acceptors (Lipinski definition) is 2. The molecule has 0 spiro atoms. The topological polar surface area (TPSA) is 74.6 Å². The maximum absolute atomic E-state index is 10.5. The third-order valence-electron chi connectivity index (χ3n) is 5.20. The standard InChI is InChI=1S/2C8H10O2/c2*9-8(10)7-5-3-1-2-4-6(5)7/h2*1-2,5-7H,3-4H2,(H,9,10). The number of carboxylic acid groups (broad SMARTS) is 2. The summed E-state index contributed by atoms with van der Waals surface area (Å²) in [6, 6.07) is 0. The fraction of sp³-hybridized carbons (Fsp3) is 0.625. The average Bonchev–Trinajstić information content (AvgIpc) is 3.31. The predicted octanol–water partition coefficient (Wildman–Crippen LogP) is 2.57. The first-order valence-electron chi connectivity index (χ1n) is 7.37. The van der Waals surface area contributed by atoms with Gasteiger partial charge in [-0.05, 0) is 49.4 Å². The van der Waals surface area contributed by atoms with E-state index in [2.05, 4.69) is 24.3 Å². The van der Waals surface area contributed by atoms with Crippen molar-refractivity contribution in [3.05, 3.63) is 24.3 Å². The summed E-state index contributed by atoms with van der Waals surface area (Å²) < 4.78 is 0. The van der Waals surface area contributed by atoms with E-state index >= 15 is 0 Å². The van der Waals surface area contributed by atoms with E-state index in [1.165, 1.54) is 0 Å². The van der Waals surface area contributed by atoms with Crippen molar-refractivity contribution in [2.45, 2.75) is 25.7 Å². The van der Waals surface area contributed by atoms with Crippen LogP contribution in [0.5, 0.6) is 0 Å². The van der Waals surface area contributed by atoms with Crippen LogP contribution in [0.15, 0.2) is 24.3 Å². The predicted molar refractivity (Wildman–Crippen MR) is 73.0 cm³/mol. The highest BCUT2D eigenvalue weighted by Crippen LogP contribution is 2.53. The molecular formula is C16H20O4. The maximum Gasteiger partial charge on any atom is 0.307 e. The largest absolute Gasteiger partial charge is 0.481 e. The van der Waals surface area contributed by atoms with E-state index in [1.54, 1.807) is 0 Å². The number of carboxylic acids is 2.